The summed E-state index contributed by atoms with van der Waals surface area (Å²) in [5.41, 5.74) is 1.10. The van der Waals surface area contributed by atoms with E-state index in [9.17, 15) is 24.0 Å². The van der Waals surface area contributed by atoms with Gasteiger partial charge >= 0.3 is 0 Å². The summed E-state index contributed by atoms with van der Waals surface area (Å²) in [5, 5.41) is 6.07. The minimum atomic E-state index is -0.891. The van der Waals surface area contributed by atoms with Crippen LogP contribution in [0.3, 0.4) is 0 Å². The molecule has 0 saturated carbocycles. The minimum absolute atomic E-state index is 0.0143. The van der Waals surface area contributed by atoms with E-state index in [0.717, 1.165) is 5.56 Å². The zero-order valence-corrected chi connectivity index (χ0v) is 33.6. The van der Waals surface area contributed by atoms with Crippen LogP contribution >= 0.6 is 0 Å². The van der Waals surface area contributed by atoms with E-state index < -0.39 is 30.2 Å². The number of carbonyl (C=O) groups is 5. The van der Waals surface area contributed by atoms with Gasteiger partial charge in [0.25, 0.3) is 0 Å². The minimum Gasteiger partial charge on any atom is -0.354 e. The molecule has 0 aliphatic carbocycles. The Labute approximate surface area is 302 Å². The molecule has 0 aliphatic heterocycles. The molecule has 0 heterocycles. The highest BCUT2D eigenvalue weighted by atomic mass is 16.2. The average molecular weight is 701 g/mol. The van der Waals surface area contributed by atoms with Crippen molar-refractivity contribution in [3.63, 3.8) is 0 Å². The van der Waals surface area contributed by atoms with Crippen molar-refractivity contribution in [3.8, 4) is 0 Å². The van der Waals surface area contributed by atoms with Gasteiger partial charge in [0.2, 0.25) is 29.5 Å². The summed E-state index contributed by atoms with van der Waals surface area (Å²) in [7, 11) is 8.20. The van der Waals surface area contributed by atoms with Gasteiger partial charge in [-0.1, -0.05) is 99.6 Å². The molecule has 0 unspecified atom stereocenters. The van der Waals surface area contributed by atoms with Gasteiger partial charge < -0.3 is 30.2 Å². The van der Waals surface area contributed by atoms with Crippen molar-refractivity contribution >= 4 is 29.5 Å². The quantitative estimate of drug-likeness (QED) is 0.226. The van der Waals surface area contributed by atoms with Crippen molar-refractivity contribution in [2.24, 2.45) is 29.6 Å². The van der Waals surface area contributed by atoms with Gasteiger partial charge in [0.15, 0.2) is 0 Å². The summed E-state index contributed by atoms with van der Waals surface area (Å²) in [6.45, 7) is 19.6. The molecule has 2 N–H and O–H groups in total. The first-order chi connectivity index (χ1) is 23.2. The third-order valence-electron chi connectivity index (χ3n) is 9.56. The lowest BCUT2D eigenvalue weighted by molar-refractivity contribution is -0.157. The lowest BCUT2D eigenvalue weighted by Crippen LogP contribution is -2.62. The molecule has 1 aromatic carbocycles. The number of likely N-dealkylation sites (N-methyl/N-ethyl adjacent to an activating group) is 5. The van der Waals surface area contributed by atoms with E-state index in [2.05, 4.69) is 10.6 Å². The Morgan fingerprint density at radius 1 is 0.580 bits per heavy atom. The molecule has 0 saturated heterocycles. The lowest BCUT2D eigenvalue weighted by Gasteiger charge is -2.41. The second-order valence-corrected chi connectivity index (χ2v) is 15.5. The van der Waals surface area contributed by atoms with Gasteiger partial charge in [-0.05, 0) is 55.0 Å². The van der Waals surface area contributed by atoms with Crippen LogP contribution in [0, 0.1) is 29.6 Å². The number of hydrogen-bond donors (Lipinski definition) is 2. The molecular weight excluding hydrogens is 632 g/mol. The first kappa shape index (κ1) is 44.6. The number of nitrogens with one attached hydrogen (secondary N) is 2. The third-order valence-corrected chi connectivity index (χ3v) is 9.56. The van der Waals surface area contributed by atoms with Crippen molar-refractivity contribution in [1.82, 2.24) is 30.2 Å². The number of nitrogens with zero attached hydrogens (tertiary/aromatic N) is 4. The van der Waals surface area contributed by atoms with Crippen LogP contribution in [-0.4, -0.2) is 121 Å². The van der Waals surface area contributed by atoms with Crippen LogP contribution in [0.25, 0.3) is 0 Å². The van der Waals surface area contributed by atoms with Crippen LogP contribution < -0.4 is 10.6 Å². The Morgan fingerprint density at radius 3 is 1.42 bits per heavy atom. The van der Waals surface area contributed by atoms with Crippen LogP contribution in [0.1, 0.15) is 81.2 Å². The fourth-order valence-corrected chi connectivity index (χ4v) is 6.85. The monoisotopic (exact) mass is 701 g/mol. The highest BCUT2D eigenvalue weighted by molar-refractivity contribution is 5.96. The van der Waals surface area contributed by atoms with E-state index in [4.69, 9.17) is 0 Å². The number of rotatable bonds is 19. The number of hydrogen-bond acceptors (Lipinski definition) is 6. The number of carbonyl (C=O) groups excluding carboxylic acids is 5. The highest BCUT2D eigenvalue weighted by Crippen LogP contribution is 2.23. The van der Waals surface area contributed by atoms with Crippen molar-refractivity contribution in [1.29, 1.82) is 0 Å². The molecule has 284 valence electrons. The summed E-state index contributed by atoms with van der Waals surface area (Å²) in [6, 6.07) is 6.12. The summed E-state index contributed by atoms with van der Waals surface area (Å²) in [6.07, 6.45) is 1.09. The molecule has 11 nitrogen and oxygen atoms in total. The second kappa shape index (κ2) is 20.4. The van der Waals surface area contributed by atoms with Crippen LogP contribution in [-0.2, 0) is 30.4 Å². The molecule has 0 fully saturated rings. The van der Waals surface area contributed by atoms with Gasteiger partial charge in [-0.15, -0.1) is 0 Å². The van der Waals surface area contributed by atoms with E-state index in [1.54, 1.807) is 35.2 Å². The molecular formula is C39H68N6O5. The summed E-state index contributed by atoms with van der Waals surface area (Å²) in [4.78, 5) is 75.8. The van der Waals surface area contributed by atoms with E-state index in [-0.39, 0.29) is 59.1 Å². The van der Waals surface area contributed by atoms with Crippen molar-refractivity contribution in [2.75, 3.05) is 41.8 Å². The first-order valence-electron chi connectivity index (χ1n) is 18.3. The third kappa shape index (κ3) is 11.8. The van der Waals surface area contributed by atoms with Gasteiger partial charge in [0.1, 0.15) is 24.2 Å². The highest BCUT2D eigenvalue weighted by Gasteiger charge is 2.43. The molecule has 0 radical (unpaired) electrons. The Bertz CT molecular complexity index is 1250. The maximum Gasteiger partial charge on any atom is 0.246 e. The second-order valence-electron chi connectivity index (χ2n) is 15.5. The molecule has 5 amide bonds. The predicted octanol–water partition coefficient (Wildman–Crippen LogP) is 3.91. The van der Waals surface area contributed by atoms with Crippen molar-refractivity contribution < 1.29 is 24.0 Å². The topological polar surface area (TPSA) is 122 Å². The Balaban J connectivity index is 3.34. The summed E-state index contributed by atoms with van der Waals surface area (Å²) >= 11 is 0. The predicted molar refractivity (Wildman–Crippen MR) is 201 cm³/mol. The molecule has 0 aromatic heterocycles. The summed E-state index contributed by atoms with van der Waals surface area (Å²) < 4.78 is 0. The van der Waals surface area contributed by atoms with Gasteiger partial charge in [0, 0.05) is 34.7 Å². The molecule has 1 aromatic rings. The molecule has 11 heteroatoms. The maximum atomic E-state index is 14.4. The van der Waals surface area contributed by atoms with Gasteiger partial charge in [-0.2, -0.15) is 0 Å². The van der Waals surface area contributed by atoms with Gasteiger partial charge in [-0.3, -0.25) is 24.0 Å². The number of amides is 5. The van der Waals surface area contributed by atoms with Crippen LogP contribution in [0.4, 0.5) is 0 Å². The van der Waals surface area contributed by atoms with Crippen LogP contribution in [0.15, 0.2) is 30.3 Å². The first-order valence-corrected chi connectivity index (χ1v) is 18.3. The molecule has 5 atom stereocenters. The SMILES string of the molecule is CN[C@@H](C(=O)N(C)[C@H](CC(C)C)C(=O)N(C)[C@@H](C(=O)N(C)[C@@H](C(=O)N(C)[C@@H](C(=O)NCCc1ccccc1)C(C)C)C(C)C)C(C)C)C(C)C. The summed E-state index contributed by atoms with van der Waals surface area (Å²) in [5.74, 6) is -2.12. The molecule has 1 rings (SSSR count). The largest absolute Gasteiger partial charge is 0.354 e. The standard InChI is InChI=1S/C39H68N6O5/c1-24(2)23-30(42(12)37(48)31(40-11)25(3)4)36(47)44(14)33(27(7)8)39(50)45(15)34(28(9)10)38(49)43(13)32(26(5)6)35(46)41-22-21-29-19-17-16-18-20-29/h16-20,24-28,30-34,40H,21-23H2,1-15H3,(H,41,46)/t30-,31-,32-,33-,34-/m1/s1. The number of benzene rings is 1. The smallest absolute Gasteiger partial charge is 0.246 e. The van der Waals surface area contributed by atoms with E-state index in [0.29, 0.717) is 19.4 Å². The van der Waals surface area contributed by atoms with Crippen molar-refractivity contribution in [2.45, 2.75) is 112 Å². The molecule has 50 heavy (non-hydrogen) atoms. The zero-order valence-electron chi connectivity index (χ0n) is 33.6. The molecule has 0 bridgehead atoms. The lowest BCUT2D eigenvalue weighted by atomic mass is 9.94. The van der Waals surface area contributed by atoms with E-state index in [1.165, 1.54) is 19.6 Å². The van der Waals surface area contributed by atoms with Gasteiger partial charge in [-0.25, -0.2) is 0 Å². The molecule has 0 aliphatic rings. The van der Waals surface area contributed by atoms with Crippen LogP contribution in [0.5, 0.6) is 0 Å². The average Bonchev–Trinajstić information content (AvgIpc) is 3.02. The fraction of sp³-hybridized carbons (Fsp3) is 0.718. The fourth-order valence-electron chi connectivity index (χ4n) is 6.85. The Kier molecular flexibility index (Phi) is 18.2. The normalized spacial score (nSPS) is 14.7. The molecule has 0 spiro atoms. The maximum absolute atomic E-state index is 14.4. The van der Waals surface area contributed by atoms with E-state index >= 15 is 0 Å². The Morgan fingerprint density at radius 2 is 1.02 bits per heavy atom. The Hall–Kier alpha value is -3.47. The van der Waals surface area contributed by atoms with Crippen LogP contribution in [0.2, 0.25) is 0 Å². The van der Waals surface area contributed by atoms with Gasteiger partial charge in [0.05, 0.1) is 6.04 Å². The van der Waals surface area contributed by atoms with Crippen molar-refractivity contribution in [3.05, 3.63) is 35.9 Å². The zero-order chi connectivity index (χ0) is 38.6. The van der Waals surface area contributed by atoms with E-state index in [1.807, 2.05) is 99.6 Å².